The highest BCUT2D eigenvalue weighted by Crippen LogP contribution is 2.52. The average molecular weight is 150 g/mol. The predicted octanol–water partition coefficient (Wildman–Crippen LogP) is 2.32. The summed E-state index contributed by atoms with van der Waals surface area (Å²) in [5, 5.41) is 0. The summed E-state index contributed by atoms with van der Waals surface area (Å²) < 4.78 is 0. The lowest BCUT2D eigenvalue weighted by Crippen LogP contribution is -2.21. The van der Waals surface area contributed by atoms with Gasteiger partial charge in [-0.15, -0.1) is 0 Å². The Labute approximate surface area is 67.5 Å². The van der Waals surface area contributed by atoms with Crippen molar-refractivity contribution in [2.45, 2.75) is 33.1 Å². The van der Waals surface area contributed by atoms with Crippen molar-refractivity contribution < 1.29 is 4.79 Å². The van der Waals surface area contributed by atoms with Crippen LogP contribution in [0.25, 0.3) is 0 Å². The Hall–Kier alpha value is -0.590. The van der Waals surface area contributed by atoms with Crippen LogP contribution in [0.1, 0.15) is 33.1 Å². The van der Waals surface area contributed by atoms with Crippen LogP contribution in [0.15, 0.2) is 11.6 Å². The van der Waals surface area contributed by atoms with E-state index in [2.05, 4.69) is 19.9 Å². The van der Waals surface area contributed by atoms with Gasteiger partial charge in [0.1, 0.15) is 5.78 Å². The standard InChI is InChI=1S/C10H14O/c1-7-3-4-8-9(11)5-6-10(7,8)2/h3,8H,4-6H2,1-2H3/t8-,10-/m0/s1. The maximum atomic E-state index is 11.4. The summed E-state index contributed by atoms with van der Waals surface area (Å²) in [6.07, 6.45) is 5.13. The van der Waals surface area contributed by atoms with Crippen molar-refractivity contribution in [2.24, 2.45) is 11.3 Å². The van der Waals surface area contributed by atoms with E-state index in [1.54, 1.807) is 0 Å². The van der Waals surface area contributed by atoms with E-state index in [0.717, 1.165) is 19.3 Å². The molecule has 0 heterocycles. The first-order valence-electron chi connectivity index (χ1n) is 4.34. The monoisotopic (exact) mass is 150 g/mol. The van der Waals surface area contributed by atoms with Crippen LogP contribution in [0.3, 0.4) is 0 Å². The fourth-order valence-corrected chi connectivity index (χ4v) is 2.48. The van der Waals surface area contributed by atoms with Gasteiger partial charge in [-0.05, 0) is 25.2 Å². The molecule has 0 radical (unpaired) electrons. The van der Waals surface area contributed by atoms with E-state index in [-0.39, 0.29) is 5.41 Å². The van der Waals surface area contributed by atoms with Crippen molar-refractivity contribution in [3.8, 4) is 0 Å². The molecule has 2 aliphatic rings. The van der Waals surface area contributed by atoms with Crippen LogP contribution in [0.5, 0.6) is 0 Å². The molecule has 0 unspecified atom stereocenters. The molecule has 0 saturated heterocycles. The number of allylic oxidation sites excluding steroid dienone is 2. The van der Waals surface area contributed by atoms with Gasteiger partial charge in [0.15, 0.2) is 0 Å². The van der Waals surface area contributed by atoms with Crippen molar-refractivity contribution in [3.63, 3.8) is 0 Å². The number of hydrogen-bond donors (Lipinski definition) is 0. The highest BCUT2D eigenvalue weighted by Gasteiger charge is 2.47. The van der Waals surface area contributed by atoms with Crippen LogP contribution in [-0.2, 0) is 4.79 Å². The maximum absolute atomic E-state index is 11.4. The lowest BCUT2D eigenvalue weighted by atomic mass is 9.78. The van der Waals surface area contributed by atoms with Crippen LogP contribution in [0.2, 0.25) is 0 Å². The fraction of sp³-hybridized carbons (Fsp3) is 0.700. The van der Waals surface area contributed by atoms with Crippen LogP contribution in [0.4, 0.5) is 0 Å². The minimum atomic E-state index is 0.247. The normalized spacial score (nSPS) is 42.5. The number of carbonyl (C=O) groups excluding carboxylic acids is 1. The average Bonchev–Trinajstić information content (AvgIpc) is 2.39. The molecule has 0 bridgehead atoms. The molecule has 0 N–H and O–H groups in total. The summed E-state index contributed by atoms with van der Waals surface area (Å²) in [6.45, 7) is 4.40. The second kappa shape index (κ2) is 1.96. The van der Waals surface area contributed by atoms with Gasteiger partial charge in [0.2, 0.25) is 0 Å². The zero-order chi connectivity index (χ0) is 8.06. The summed E-state index contributed by atoms with van der Waals surface area (Å²) in [6, 6.07) is 0. The third-order valence-electron chi connectivity index (χ3n) is 3.61. The van der Waals surface area contributed by atoms with Crippen molar-refractivity contribution in [2.75, 3.05) is 0 Å². The van der Waals surface area contributed by atoms with Crippen molar-refractivity contribution in [1.82, 2.24) is 0 Å². The van der Waals surface area contributed by atoms with Gasteiger partial charge in [-0.3, -0.25) is 4.79 Å². The van der Waals surface area contributed by atoms with E-state index in [0.29, 0.717) is 11.7 Å². The first-order chi connectivity index (χ1) is 5.14. The van der Waals surface area contributed by atoms with Gasteiger partial charge in [0, 0.05) is 12.3 Å². The molecular weight excluding hydrogens is 136 g/mol. The van der Waals surface area contributed by atoms with Gasteiger partial charge < -0.3 is 0 Å². The van der Waals surface area contributed by atoms with Crippen LogP contribution in [-0.4, -0.2) is 5.78 Å². The Bertz CT molecular complexity index is 239. The number of fused-ring (bicyclic) bond motifs is 1. The number of carbonyl (C=O) groups is 1. The largest absolute Gasteiger partial charge is 0.299 e. The second-order valence-corrected chi connectivity index (χ2v) is 4.06. The quantitative estimate of drug-likeness (QED) is 0.484. The fourth-order valence-electron chi connectivity index (χ4n) is 2.48. The number of Topliss-reactive ketones (excluding diaryl/α,β-unsaturated/α-hetero) is 1. The van der Waals surface area contributed by atoms with Gasteiger partial charge in [0.25, 0.3) is 0 Å². The summed E-state index contributed by atoms with van der Waals surface area (Å²) >= 11 is 0. The molecule has 0 amide bonds. The van der Waals surface area contributed by atoms with Gasteiger partial charge in [-0.25, -0.2) is 0 Å². The maximum Gasteiger partial charge on any atom is 0.137 e. The number of rotatable bonds is 0. The molecule has 1 heteroatoms. The predicted molar refractivity (Wildman–Crippen MR) is 44.2 cm³/mol. The molecule has 0 aromatic rings. The van der Waals surface area contributed by atoms with Gasteiger partial charge in [0.05, 0.1) is 0 Å². The lowest BCUT2D eigenvalue weighted by molar-refractivity contribution is -0.121. The van der Waals surface area contributed by atoms with E-state index in [4.69, 9.17) is 0 Å². The van der Waals surface area contributed by atoms with Crippen molar-refractivity contribution in [1.29, 1.82) is 0 Å². The summed E-state index contributed by atoms with van der Waals surface area (Å²) in [4.78, 5) is 11.4. The molecule has 0 aromatic heterocycles. The Morgan fingerprint density at radius 1 is 1.64 bits per heavy atom. The molecule has 2 atom stereocenters. The SMILES string of the molecule is CC1=CC[C@H]2C(=O)CC[C@@]12C. The van der Waals surface area contributed by atoms with Gasteiger partial charge in [-0.1, -0.05) is 18.6 Å². The van der Waals surface area contributed by atoms with Crippen LogP contribution in [0, 0.1) is 11.3 Å². The Kier molecular flexibility index (Phi) is 1.26. The van der Waals surface area contributed by atoms with Gasteiger partial charge >= 0.3 is 0 Å². The summed E-state index contributed by atoms with van der Waals surface area (Å²) in [5.74, 6) is 0.822. The van der Waals surface area contributed by atoms with E-state index in [1.165, 1.54) is 5.57 Å². The third kappa shape index (κ3) is 0.741. The molecule has 1 fully saturated rings. The van der Waals surface area contributed by atoms with Crippen molar-refractivity contribution in [3.05, 3.63) is 11.6 Å². The molecule has 1 nitrogen and oxygen atoms in total. The van der Waals surface area contributed by atoms with Crippen LogP contribution < -0.4 is 0 Å². The van der Waals surface area contributed by atoms with E-state index >= 15 is 0 Å². The van der Waals surface area contributed by atoms with E-state index in [1.807, 2.05) is 0 Å². The van der Waals surface area contributed by atoms with Crippen LogP contribution >= 0.6 is 0 Å². The topological polar surface area (TPSA) is 17.1 Å². The minimum absolute atomic E-state index is 0.247. The highest BCUT2D eigenvalue weighted by atomic mass is 16.1. The zero-order valence-corrected chi connectivity index (χ0v) is 7.18. The second-order valence-electron chi connectivity index (χ2n) is 4.06. The van der Waals surface area contributed by atoms with Crippen molar-refractivity contribution >= 4 is 5.78 Å². The number of ketones is 1. The third-order valence-corrected chi connectivity index (χ3v) is 3.61. The van der Waals surface area contributed by atoms with E-state index < -0.39 is 0 Å². The molecule has 11 heavy (non-hydrogen) atoms. The Balaban J connectivity index is 2.37. The molecule has 60 valence electrons. The first-order valence-corrected chi connectivity index (χ1v) is 4.34. The molecule has 0 aromatic carbocycles. The molecule has 0 aliphatic heterocycles. The summed E-state index contributed by atoms with van der Waals surface area (Å²) in [7, 11) is 0. The molecule has 0 spiro atoms. The molecule has 1 saturated carbocycles. The smallest absolute Gasteiger partial charge is 0.137 e. The molecule has 2 aliphatic carbocycles. The van der Waals surface area contributed by atoms with Gasteiger partial charge in [-0.2, -0.15) is 0 Å². The first kappa shape index (κ1) is 7.08. The molecular formula is C10H14O. The Morgan fingerprint density at radius 2 is 2.36 bits per heavy atom. The number of hydrogen-bond acceptors (Lipinski definition) is 1. The highest BCUT2D eigenvalue weighted by molar-refractivity contribution is 5.85. The molecule has 2 rings (SSSR count). The lowest BCUT2D eigenvalue weighted by Gasteiger charge is -2.24. The summed E-state index contributed by atoms with van der Waals surface area (Å²) in [5.41, 5.74) is 1.69. The minimum Gasteiger partial charge on any atom is -0.299 e. The van der Waals surface area contributed by atoms with E-state index in [9.17, 15) is 4.79 Å². The Morgan fingerprint density at radius 3 is 3.00 bits per heavy atom. The zero-order valence-electron chi connectivity index (χ0n) is 7.18.